The van der Waals surface area contributed by atoms with Crippen LogP contribution in [0.15, 0.2) is 72.9 Å². The van der Waals surface area contributed by atoms with Gasteiger partial charge in [0.1, 0.15) is 24.4 Å². The van der Waals surface area contributed by atoms with Crippen molar-refractivity contribution < 1.29 is 24.3 Å². The molecule has 36 heavy (non-hydrogen) atoms. The van der Waals surface area contributed by atoms with Crippen LogP contribution in [0.2, 0.25) is 0 Å². The maximum atomic E-state index is 13.1. The third-order valence-corrected chi connectivity index (χ3v) is 7.62. The van der Waals surface area contributed by atoms with Gasteiger partial charge in [-0.3, -0.25) is 14.5 Å². The van der Waals surface area contributed by atoms with Crippen LogP contribution in [0.25, 0.3) is 10.9 Å². The van der Waals surface area contributed by atoms with Crippen LogP contribution in [0.3, 0.4) is 0 Å². The summed E-state index contributed by atoms with van der Waals surface area (Å²) in [6.45, 7) is 1.52. The van der Waals surface area contributed by atoms with Gasteiger partial charge in [-0.05, 0) is 35.9 Å². The number of amides is 2. The molecule has 3 atom stereocenters. The zero-order valence-corrected chi connectivity index (χ0v) is 20.0. The molecule has 0 saturated heterocycles. The quantitative estimate of drug-likeness (QED) is 0.369. The van der Waals surface area contributed by atoms with Gasteiger partial charge in [-0.1, -0.05) is 36.4 Å². The van der Waals surface area contributed by atoms with Crippen molar-refractivity contribution in [3.05, 3.63) is 101 Å². The number of ether oxygens (including phenoxy) is 1. The van der Waals surface area contributed by atoms with Crippen LogP contribution in [-0.4, -0.2) is 53.5 Å². The SMILES string of the molecule is COc1ccc2[nH]cc([C@@H](O)C[NH+]3CCc4ccccc4[C@H]3CN3C(=O)c4ccccc4C3=O)c2c1. The number of nitrogens with zero attached hydrogens (tertiary/aromatic N) is 1. The van der Waals surface area contributed by atoms with Gasteiger partial charge in [-0.2, -0.15) is 0 Å². The van der Waals surface area contributed by atoms with Gasteiger partial charge >= 0.3 is 0 Å². The van der Waals surface area contributed by atoms with E-state index in [0.717, 1.165) is 45.6 Å². The Bertz CT molecular complexity index is 1440. The normalized spacial score (nSPS) is 19.9. The Balaban J connectivity index is 1.31. The molecule has 7 heteroatoms. The molecule has 0 saturated carbocycles. The summed E-state index contributed by atoms with van der Waals surface area (Å²) in [5, 5.41) is 12.3. The van der Waals surface area contributed by atoms with Crippen LogP contribution in [0.1, 0.15) is 49.6 Å². The van der Waals surface area contributed by atoms with E-state index < -0.39 is 6.10 Å². The summed E-state index contributed by atoms with van der Waals surface area (Å²) in [6, 6.07) is 20.9. The number of carbonyl (C=O) groups is 2. The van der Waals surface area contributed by atoms with Gasteiger partial charge in [0.05, 0.1) is 31.3 Å². The molecule has 3 heterocycles. The topological polar surface area (TPSA) is 87.1 Å². The minimum absolute atomic E-state index is 0.133. The molecule has 0 fully saturated rings. The minimum Gasteiger partial charge on any atom is -0.497 e. The lowest BCUT2D eigenvalue weighted by Gasteiger charge is -2.36. The lowest BCUT2D eigenvalue weighted by molar-refractivity contribution is -0.936. The molecule has 7 nitrogen and oxygen atoms in total. The number of aromatic nitrogens is 1. The molecule has 4 aromatic rings. The zero-order chi connectivity index (χ0) is 24.8. The van der Waals surface area contributed by atoms with Crippen molar-refractivity contribution in [2.24, 2.45) is 0 Å². The molecule has 2 aliphatic rings. The van der Waals surface area contributed by atoms with E-state index in [1.807, 2.05) is 36.5 Å². The summed E-state index contributed by atoms with van der Waals surface area (Å²) in [6.07, 6.45) is 2.00. The van der Waals surface area contributed by atoms with Crippen molar-refractivity contribution in [1.82, 2.24) is 9.88 Å². The first kappa shape index (κ1) is 22.5. The number of rotatable bonds is 6. The maximum Gasteiger partial charge on any atom is 0.261 e. The summed E-state index contributed by atoms with van der Waals surface area (Å²) in [5.74, 6) is 0.239. The van der Waals surface area contributed by atoms with E-state index >= 15 is 0 Å². The number of carbonyl (C=O) groups excluding carboxylic acids is 2. The molecule has 3 N–H and O–H groups in total. The molecule has 0 aliphatic carbocycles. The summed E-state index contributed by atoms with van der Waals surface area (Å²) < 4.78 is 5.38. The highest BCUT2D eigenvalue weighted by Gasteiger charge is 2.41. The first-order chi connectivity index (χ1) is 17.5. The van der Waals surface area contributed by atoms with Crippen molar-refractivity contribution in [3.63, 3.8) is 0 Å². The van der Waals surface area contributed by atoms with Gasteiger partial charge < -0.3 is 19.7 Å². The van der Waals surface area contributed by atoms with Gasteiger partial charge in [0.15, 0.2) is 0 Å². The first-order valence-corrected chi connectivity index (χ1v) is 12.3. The predicted octanol–water partition coefficient (Wildman–Crippen LogP) is 2.69. The maximum absolute atomic E-state index is 13.1. The number of aliphatic hydroxyl groups is 1. The van der Waals surface area contributed by atoms with Crippen molar-refractivity contribution >= 4 is 22.7 Å². The summed E-state index contributed by atoms with van der Waals surface area (Å²) in [5.41, 5.74) is 5.03. The molecule has 1 aromatic heterocycles. The molecule has 2 amide bonds. The van der Waals surface area contributed by atoms with Crippen molar-refractivity contribution in [2.75, 3.05) is 26.7 Å². The summed E-state index contributed by atoms with van der Waals surface area (Å²) >= 11 is 0. The average molecular weight is 483 g/mol. The molecular weight excluding hydrogens is 454 g/mol. The fraction of sp³-hybridized carbons (Fsp3) is 0.241. The Morgan fingerprint density at radius 2 is 1.78 bits per heavy atom. The molecular formula is C29H28N3O4+. The number of imide groups is 1. The highest BCUT2D eigenvalue weighted by molar-refractivity contribution is 6.21. The van der Waals surface area contributed by atoms with E-state index in [-0.39, 0.29) is 24.4 Å². The van der Waals surface area contributed by atoms with Crippen molar-refractivity contribution in [3.8, 4) is 5.75 Å². The van der Waals surface area contributed by atoms with Gasteiger partial charge in [0.25, 0.3) is 11.8 Å². The van der Waals surface area contributed by atoms with E-state index in [0.29, 0.717) is 17.7 Å². The van der Waals surface area contributed by atoms with Gasteiger partial charge in [0.2, 0.25) is 0 Å². The second-order valence-corrected chi connectivity index (χ2v) is 9.55. The Kier molecular flexibility index (Phi) is 5.59. The van der Waals surface area contributed by atoms with Gasteiger partial charge in [-0.15, -0.1) is 0 Å². The van der Waals surface area contributed by atoms with Crippen LogP contribution < -0.4 is 9.64 Å². The smallest absolute Gasteiger partial charge is 0.261 e. The number of nitrogens with one attached hydrogen (secondary N) is 2. The highest BCUT2D eigenvalue weighted by atomic mass is 16.5. The van der Waals surface area contributed by atoms with E-state index in [2.05, 4.69) is 17.1 Å². The largest absolute Gasteiger partial charge is 0.497 e. The molecule has 1 unspecified atom stereocenters. The lowest BCUT2D eigenvalue weighted by atomic mass is 9.91. The van der Waals surface area contributed by atoms with Crippen molar-refractivity contribution in [1.29, 1.82) is 0 Å². The molecule has 6 rings (SSSR count). The van der Waals surface area contributed by atoms with Crippen LogP contribution in [-0.2, 0) is 6.42 Å². The number of aromatic amines is 1. The van der Waals surface area contributed by atoms with E-state index in [1.165, 1.54) is 10.5 Å². The number of hydrogen-bond donors (Lipinski definition) is 3. The van der Waals surface area contributed by atoms with Crippen LogP contribution in [0, 0.1) is 0 Å². The third-order valence-electron chi connectivity index (χ3n) is 7.62. The van der Waals surface area contributed by atoms with Gasteiger partial charge in [0, 0.05) is 34.6 Å². The third kappa shape index (κ3) is 3.68. The molecule has 3 aromatic carbocycles. The van der Waals surface area contributed by atoms with Crippen molar-refractivity contribution in [2.45, 2.75) is 18.6 Å². The van der Waals surface area contributed by atoms with E-state index in [4.69, 9.17) is 4.74 Å². The van der Waals surface area contributed by atoms with Crippen LogP contribution >= 0.6 is 0 Å². The van der Waals surface area contributed by atoms with Gasteiger partial charge in [-0.25, -0.2) is 0 Å². The molecule has 0 bridgehead atoms. The minimum atomic E-state index is -0.726. The zero-order valence-electron chi connectivity index (χ0n) is 20.0. The highest BCUT2D eigenvalue weighted by Crippen LogP contribution is 2.29. The Hall–Kier alpha value is -3.94. The standard InChI is InChI=1S/C29H27N3O4/c1-36-19-10-11-25-23(14-19)24(15-30-25)27(33)17-31-13-12-18-6-2-3-7-20(18)26(31)16-32-28(34)21-8-4-5-9-22(21)29(32)35/h2-11,14-15,26-27,30,33H,12-13,16-17H2,1H3/p+1/t26-,27+/m1/s1. The number of methoxy groups -OCH3 is 1. The number of fused-ring (bicyclic) bond motifs is 3. The monoisotopic (exact) mass is 482 g/mol. The average Bonchev–Trinajstić information content (AvgIpc) is 3.44. The number of H-pyrrole nitrogens is 1. The Morgan fingerprint density at radius 3 is 2.53 bits per heavy atom. The van der Waals surface area contributed by atoms with E-state index in [1.54, 1.807) is 31.4 Å². The second kappa shape index (κ2) is 8.93. The Labute approximate surface area is 208 Å². The summed E-state index contributed by atoms with van der Waals surface area (Å²) in [7, 11) is 1.63. The Morgan fingerprint density at radius 1 is 1.06 bits per heavy atom. The molecule has 2 aliphatic heterocycles. The van der Waals surface area contributed by atoms with E-state index in [9.17, 15) is 14.7 Å². The molecule has 0 radical (unpaired) electrons. The first-order valence-electron chi connectivity index (χ1n) is 12.3. The fourth-order valence-corrected chi connectivity index (χ4v) is 5.73. The fourth-order valence-electron chi connectivity index (χ4n) is 5.73. The molecule has 0 spiro atoms. The number of aliphatic hydroxyl groups excluding tert-OH is 1. The predicted molar refractivity (Wildman–Crippen MR) is 135 cm³/mol. The number of benzene rings is 3. The summed E-state index contributed by atoms with van der Waals surface area (Å²) in [4.78, 5) is 32.1. The molecule has 182 valence electrons. The van der Waals surface area contributed by atoms with Crippen LogP contribution in [0.4, 0.5) is 0 Å². The lowest BCUT2D eigenvalue weighted by Crippen LogP contribution is -3.14. The second-order valence-electron chi connectivity index (χ2n) is 9.55. The number of hydrogen-bond acceptors (Lipinski definition) is 4. The number of quaternary nitrogens is 1. The van der Waals surface area contributed by atoms with Crippen LogP contribution in [0.5, 0.6) is 5.75 Å².